The Morgan fingerprint density at radius 1 is 1.53 bits per heavy atom. The van der Waals surface area contributed by atoms with Gasteiger partial charge in [-0.2, -0.15) is 0 Å². The van der Waals surface area contributed by atoms with Gasteiger partial charge in [-0.05, 0) is 24.6 Å². The number of halogens is 1. The minimum atomic E-state index is 0.152. The molecule has 92 valence electrons. The van der Waals surface area contributed by atoms with Crippen molar-refractivity contribution in [3.05, 3.63) is 23.2 Å². The van der Waals surface area contributed by atoms with E-state index in [-0.39, 0.29) is 5.91 Å². The van der Waals surface area contributed by atoms with E-state index in [1.54, 1.807) is 17.0 Å². The van der Waals surface area contributed by atoms with Gasteiger partial charge in [0.05, 0.1) is 12.2 Å². The van der Waals surface area contributed by atoms with Gasteiger partial charge in [-0.15, -0.1) is 0 Å². The van der Waals surface area contributed by atoms with E-state index >= 15 is 0 Å². The quantitative estimate of drug-likeness (QED) is 0.828. The third kappa shape index (κ3) is 2.72. The van der Waals surface area contributed by atoms with Crippen molar-refractivity contribution in [1.82, 2.24) is 0 Å². The fourth-order valence-corrected chi connectivity index (χ4v) is 2.08. The standard InChI is InChI=1S/C13H16ClNO2/c1-2-3-4-13(16)15-7-8-17-12-6-5-10(14)9-11(12)15/h5-6,9H,2-4,7-8H2,1H3. The van der Waals surface area contributed by atoms with Crippen LogP contribution in [0.1, 0.15) is 26.2 Å². The van der Waals surface area contributed by atoms with Crippen LogP contribution in [0.2, 0.25) is 5.02 Å². The predicted molar refractivity (Wildman–Crippen MR) is 68.8 cm³/mol. The number of benzene rings is 1. The van der Waals surface area contributed by atoms with Crippen molar-refractivity contribution in [2.75, 3.05) is 18.1 Å². The first-order valence-electron chi connectivity index (χ1n) is 5.95. The first-order chi connectivity index (χ1) is 8.22. The minimum absolute atomic E-state index is 0.152. The number of ether oxygens (including phenoxy) is 1. The summed E-state index contributed by atoms with van der Waals surface area (Å²) in [7, 11) is 0. The second-order valence-corrected chi connectivity index (χ2v) is 4.55. The topological polar surface area (TPSA) is 29.5 Å². The monoisotopic (exact) mass is 253 g/mol. The summed E-state index contributed by atoms with van der Waals surface area (Å²) in [6, 6.07) is 5.39. The lowest BCUT2D eigenvalue weighted by Gasteiger charge is -2.29. The van der Waals surface area contributed by atoms with Crippen LogP contribution in [0.4, 0.5) is 5.69 Å². The molecule has 1 aromatic carbocycles. The van der Waals surface area contributed by atoms with Crippen molar-refractivity contribution >= 4 is 23.2 Å². The lowest BCUT2D eigenvalue weighted by atomic mass is 10.2. The molecular formula is C13H16ClNO2. The van der Waals surface area contributed by atoms with Crippen LogP contribution >= 0.6 is 11.6 Å². The van der Waals surface area contributed by atoms with Crippen LogP contribution in [0, 0.1) is 0 Å². The first kappa shape index (κ1) is 12.2. The molecule has 4 heteroatoms. The molecule has 0 radical (unpaired) electrons. The number of anilines is 1. The van der Waals surface area contributed by atoms with Crippen molar-refractivity contribution < 1.29 is 9.53 Å². The lowest BCUT2D eigenvalue weighted by Crippen LogP contribution is -2.37. The van der Waals surface area contributed by atoms with Gasteiger partial charge in [0.1, 0.15) is 12.4 Å². The molecule has 0 spiro atoms. The number of nitrogens with zero attached hydrogens (tertiary/aromatic N) is 1. The Balaban J connectivity index is 2.21. The third-order valence-corrected chi connectivity index (χ3v) is 3.06. The Kier molecular flexibility index (Phi) is 3.89. The van der Waals surface area contributed by atoms with E-state index in [1.807, 2.05) is 6.07 Å². The summed E-state index contributed by atoms with van der Waals surface area (Å²) in [6.07, 6.45) is 2.53. The molecule has 0 aliphatic carbocycles. The number of carbonyl (C=O) groups is 1. The normalized spacial score (nSPS) is 14.1. The molecule has 0 bridgehead atoms. The molecule has 1 heterocycles. The van der Waals surface area contributed by atoms with Crippen molar-refractivity contribution in [3.63, 3.8) is 0 Å². The van der Waals surface area contributed by atoms with Crippen LogP contribution in [0.25, 0.3) is 0 Å². The maximum Gasteiger partial charge on any atom is 0.227 e. The molecule has 2 rings (SSSR count). The highest BCUT2D eigenvalue weighted by molar-refractivity contribution is 6.31. The fraction of sp³-hybridized carbons (Fsp3) is 0.462. The fourth-order valence-electron chi connectivity index (χ4n) is 1.91. The second kappa shape index (κ2) is 5.41. The van der Waals surface area contributed by atoms with Crippen LogP contribution in [0.15, 0.2) is 18.2 Å². The van der Waals surface area contributed by atoms with E-state index in [1.165, 1.54) is 0 Å². The van der Waals surface area contributed by atoms with Gasteiger partial charge in [0.15, 0.2) is 0 Å². The van der Waals surface area contributed by atoms with E-state index < -0.39 is 0 Å². The molecule has 3 nitrogen and oxygen atoms in total. The molecule has 0 atom stereocenters. The van der Waals surface area contributed by atoms with E-state index in [9.17, 15) is 4.79 Å². The molecule has 1 aromatic rings. The van der Waals surface area contributed by atoms with Gasteiger partial charge in [-0.25, -0.2) is 0 Å². The van der Waals surface area contributed by atoms with E-state index in [0.717, 1.165) is 24.3 Å². The highest BCUT2D eigenvalue weighted by atomic mass is 35.5. The van der Waals surface area contributed by atoms with Gasteiger partial charge < -0.3 is 9.64 Å². The van der Waals surface area contributed by atoms with E-state index in [4.69, 9.17) is 16.3 Å². The summed E-state index contributed by atoms with van der Waals surface area (Å²) in [5, 5.41) is 0.627. The van der Waals surface area contributed by atoms with Gasteiger partial charge >= 0.3 is 0 Å². The van der Waals surface area contributed by atoms with Gasteiger partial charge in [-0.1, -0.05) is 24.9 Å². The van der Waals surface area contributed by atoms with E-state index in [2.05, 4.69) is 6.92 Å². The average Bonchev–Trinajstić information content (AvgIpc) is 2.35. The molecule has 0 fully saturated rings. The van der Waals surface area contributed by atoms with Crippen molar-refractivity contribution in [2.24, 2.45) is 0 Å². The summed E-state index contributed by atoms with van der Waals surface area (Å²) >= 11 is 5.96. The number of unbranched alkanes of at least 4 members (excludes halogenated alkanes) is 1. The third-order valence-electron chi connectivity index (χ3n) is 2.83. The van der Waals surface area contributed by atoms with Crippen molar-refractivity contribution in [2.45, 2.75) is 26.2 Å². The zero-order valence-electron chi connectivity index (χ0n) is 9.91. The largest absolute Gasteiger partial charge is 0.490 e. The van der Waals surface area contributed by atoms with Gasteiger partial charge in [0.25, 0.3) is 0 Å². The van der Waals surface area contributed by atoms with Crippen LogP contribution < -0.4 is 9.64 Å². The van der Waals surface area contributed by atoms with Crippen LogP contribution in [-0.4, -0.2) is 19.1 Å². The van der Waals surface area contributed by atoms with Crippen LogP contribution in [0.5, 0.6) is 5.75 Å². The zero-order chi connectivity index (χ0) is 12.3. The Bertz CT molecular complexity index is 420. The van der Waals surface area contributed by atoms with E-state index in [0.29, 0.717) is 24.6 Å². The van der Waals surface area contributed by atoms with Crippen LogP contribution in [0.3, 0.4) is 0 Å². The maximum absolute atomic E-state index is 12.1. The van der Waals surface area contributed by atoms with Gasteiger partial charge in [0.2, 0.25) is 5.91 Å². The molecule has 1 amide bonds. The summed E-state index contributed by atoms with van der Waals surface area (Å²) in [4.78, 5) is 13.8. The number of amides is 1. The molecule has 0 saturated heterocycles. The average molecular weight is 254 g/mol. The molecular weight excluding hydrogens is 238 g/mol. The minimum Gasteiger partial charge on any atom is -0.490 e. The van der Waals surface area contributed by atoms with Crippen LogP contribution in [-0.2, 0) is 4.79 Å². The molecule has 1 aliphatic heterocycles. The molecule has 0 unspecified atom stereocenters. The highest BCUT2D eigenvalue weighted by Crippen LogP contribution is 2.34. The number of rotatable bonds is 3. The number of hydrogen-bond donors (Lipinski definition) is 0. The van der Waals surface area contributed by atoms with Crippen molar-refractivity contribution in [3.8, 4) is 5.75 Å². The number of hydrogen-bond acceptors (Lipinski definition) is 2. The first-order valence-corrected chi connectivity index (χ1v) is 6.33. The Hall–Kier alpha value is -1.22. The SMILES string of the molecule is CCCCC(=O)N1CCOc2ccc(Cl)cc21. The second-order valence-electron chi connectivity index (χ2n) is 4.11. The molecule has 17 heavy (non-hydrogen) atoms. The smallest absolute Gasteiger partial charge is 0.227 e. The predicted octanol–water partition coefficient (Wildman–Crippen LogP) is 3.26. The zero-order valence-corrected chi connectivity index (χ0v) is 10.7. The Labute approximate surface area is 106 Å². The summed E-state index contributed by atoms with van der Waals surface area (Å²) < 4.78 is 5.51. The highest BCUT2D eigenvalue weighted by Gasteiger charge is 2.23. The summed E-state index contributed by atoms with van der Waals surface area (Å²) in [6.45, 7) is 3.24. The maximum atomic E-state index is 12.1. The molecule has 1 aliphatic rings. The molecule has 0 N–H and O–H groups in total. The number of fused-ring (bicyclic) bond motifs is 1. The summed E-state index contributed by atoms with van der Waals surface area (Å²) in [5.41, 5.74) is 0.796. The summed E-state index contributed by atoms with van der Waals surface area (Å²) in [5.74, 6) is 0.893. The molecule has 0 aromatic heterocycles. The Morgan fingerprint density at radius 2 is 2.35 bits per heavy atom. The molecule has 0 saturated carbocycles. The Morgan fingerprint density at radius 3 is 3.12 bits per heavy atom. The van der Waals surface area contributed by atoms with Crippen molar-refractivity contribution in [1.29, 1.82) is 0 Å². The van der Waals surface area contributed by atoms with Gasteiger partial charge in [0, 0.05) is 11.4 Å². The number of carbonyl (C=O) groups excluding carboxylic acids is 1. The lowest BCUT2D eigenvalue weighted by molar-refractivity contribution is -0.119. The van der Waals surface area contributed by atoms with Gasteiger partial charge in [-0.3, -0.25) is 4.79 Å².